The van der Waals surface area contributed by atoms with Crippen LogP contribution in [0.25, 0.3) is 0 Å². The summed E-state index contributed by atoms with van der Waals surface area (Å²) >= 11 is 0. The summed E-state index contributed by atoms with van der Waals surface area (Å²) in [5.74, 6) is 0.00935. The number of hydrogen-bond donors (Lipinski definition) is 3. The van der Waals surface area contributed by atoms with E-state index >= 15 is 0 Å². The second-order valence-corrected chi connectivity index (χ2v) is 5.79. The van der Waals surface area contributed by atoms with E-state index in [1.54, 1.807) is 0 Å². The fourth-order valence-electron chi connectivity index (χ4n) is 2.59. The minimum atomic E-state index is -0.485. The number of aromatic amines is 1. The first-order chi connectivity index (χ1) is 11.6. The Morgan fingerprint density at radius 1 is 1.08 bits per heavy atom. The normalized spacial score (nSPS) is 10.5. The maximum atomic E-state index is 11.9. The van der Waals surface area contributed by atoms with Crippen LogP contribution in [0.3, 0.4) is 0 Å². The van der Waals surface area contributed by atoms with Crippen molar-refractivity contribution in [1.29, 1.82) is 0 Å². The molecular formula is C19H20N4O. The van der Waals surface area contributed by atoms with Crippen molar-refractivity contribution in [3.63, 3.8) is 0 Å². The molecule has 4 N–H and O–H groups in total. The molecule has 5 heteroatoms. The van der Waals surface area contributed by atoms with Crippen molar-refractivity contribution in [2.24, 2.45) is 5.73 Å². The van der Waals surface area contributed by atoms with Crippen molar-refractivity contribution in [2.75, 3.05) is 5.32 Å². The summed E-state index contributed by atoms with van der Waals surface area (Å²) in [6.45, 7) is 2.63. The summed E-state index contributed by atoms with van der Waals surface area (Å²) in [4.78, 5) is 11.9. The Morgan fingerprint density at radius 3 is 2.46 bits per heavy atom. The topological polar surface area (TPSA) is 83.8 Å². The van der Waals surface area contributed by atoms with Gasteiger partial charge < -0.3 is 11.1 Å². The molecule has 3 aromatic rings. The van der Waals surface area contributed by atoms with E-state index < -0.39 is 5.91 Å². The van der Waals surface area contributed by atoms with Crippen molar-refractivity contribution in [2.45, 2.75) is 19.9 Å². The van der Waals surface area contributed by atoms with Gasteiger partial charge in [0.25, 0.3) is 5.91 Å². The molecule has 122 valence electrons. The summed E-state index contributed by atoms with van der Waals surface area (Å²) in [7, 11) is 0. The Kier molecular flexibility index (Phi) is 4.61. The van der Waals surface area contributed by atoms with Gasteiger partial charge in [-0.1, -0.05) is 60.2 Å². The van der Waals surface area contributed by atoms with Gasteiger partial charge in [0.1, 0.15) is 5.56 Å². The number of anilines is 1. The van der Waals surface area contributed by atoms with Gasteiger partial charge in [0, 0.05) is 13.0 Å². The third-order valence-electron chi connectivity index (χ3n) is 3.89. The molecule has 1 aromatic heterocycles. The minimum Gasteiger partial charge on any atom is -0.365 e. The number of aromatic nitrogens is 2. The third kappa shape index (κ3) is 3.63. The number of H-pyrrole nitrogens is 1. The van der Waals surface area contributed by atoms with Gasteiger partial charge >= 0.3 is 0 Å². The molecule has 0 radical (unpaired) electrons. The van der Waals surface area contributed by atoms with E-state index in [0.717, 1.165) is 16.8 Å². The highest BCUT2D eigenvalue weighted by Gasteiger charge is 2.18. The Balaban J connectivity index is 1.78. The number of amides is 1. The number of nitrogens with one attached hydrogen (secondary N) is 2. The molecule has 0 saturated heterocycles. The van der Waals surface area contributed by atoms with Crippen LogP contribution in [0.4, 0.5) is 5.82 Å². The number of rotatable bonds is 6. The van der Waals surface area contributed by atoms with Gasteiger partial charge in [0.05, 0.1) is 5.69 Å². The molecule has 0 saturated carbocycles. The number of aryl methyl sites for hydroxylation is 1. The predicted molar refractivity (Wildman–Crippen MR) is 94.9 cm³/mol. The molecule has 24 heavy (non-hydrogen) atoms. The van der Waals surface area contributed by atoms with Crippen LogP contribution in [-0.2, 0) is 13.0 Å². The summed E-state index contributed by atoms with van der Waals surface area (Å²) in [6.07, 6.45) is 0.582. The lowest BCUT2D eigenvalue weighted by molar-refractivity contribution is 0.100. The average Bonchev–Trinajstić information content (AvgIpc) is 2.98. The number of nitrogens with zero attached hydrogens (tertiary/aromatic N) is 1. The zero-order valence-corrected chi connectivity index (χ0v) is 13.5. The first-order valence-corrected chi connectivity index (χ1v) is 7.84. The molecule has 3 rings (SSSR count). The Labute approximate surface area is 140 Å². The summed E-state index contributed by atoms with van der Waals surface area (Å²) in [6, 6.07) is 18.1. The average molecular weight is 320 g/mol. The third-order valence-corrected chi connectivity index (χ3v) is 3.89. The largest absolute Gasteiger partial charge is 0.365 e. The van der Waals surface area contributed by atoms with Gasteiger partial charge in [0.2, 0.25) is 0 Å². The summed E-state index contributed by atoms with van der Waals surface area (Å²) in [5, 5.41) is 10.4. The molecule has 0 aliphatic rings. The van der Waals surface area contributed by atoms with Gasteiger partial charge in [-0.15, -0.1) is 0 Å². The maximum Gasteiger partial charge on any atom is 0.254 e. The number of nitrogens with two attached hydrogens (primary N) is 1. The fourth-order valence-corrected chi connectivity index (χ4v) is 2.59. The van der Waals surface area contributed by atoms with Crippen LogP contribution in [0.15, 0.2) is 54.6 Å². The highest BCUT2D eigenvalue weighted by molar-refractivity contribution is 5.98. The molecule has 0 bridgehead atoms. The molecule has 1 heterocycles. The van der Waals surface area contributed by atoms with Crippen LogP contribution in [0, 0.1) is 6.92 Å². The standard InChI is InChI=1S/C19H20N4O/c1-13-7-9-15(10-8-13)12-21-19-17(18(20)24)16(22-23-19)11-14-5-3-2-4-6-14/h2-10H,11-12H2,1H3,(H2,20,24)(H2,21,22,23). The lowest BCUT2D eigenvalue weighted by atomic mass is 10.1. The first-order valence-electron chi connectivity index (χ1n) is 7.84. The van der Waals surface area contributed by atoms with Gasteiger partial charge in [-0.3, -0.25) is 9.89 Å². The smallest absolute Gasteiger partial charge is 0.254 e. The molecule has 0 aliphatic heterocycles. The summed E-state index contributed by atoms with van der Waals surface area (Å²) in [5.41, 5.74) is 10.1. The van der Waals surface area contributed by atoms with Crippen molar-refractivity contribution >= 4 is 11.7 Å². The molecule has 0 aliphatic carbocycles. The molecule has 2 aromatic carbocycles. The molecule has 0 spiro atoms. The number of carbonyl (C=O) groups is 1. The highest BCUT2D eigenvalue weighted by Crippen LogP contribution is 2.20. The van der Waals surface area contributed by atoms with Crippen LogP contribution in [0.5, 0.6) is 0 Å². The molecule has 0 unspecified atom stereocenters. The van der Waals surface area contributed by atoms with E-state index in [-0.39, 0.29) is 0 Å². The lowest BCUT2D eigenvalue weighted by Gasteiger charge is -2.06. The van der Waals surface area contributed by atoms with Gasteiger partial charge in [0.15, 0.2) is 5.82 Å². The van der Waals surface area contributed by atoms with E-state index in [1.807, 2.05) is 49.4 Å². The Hall–Kier alpha value is -3.08. The van der Waals surface area contributed by atoms with Crippen molar-refractivity contribution in [3.8, 4) is 0 Å². The SMILES string of the molecule is Cc1ccc(CNc2n[nH]c(Cc3ccccc3)c2C(N)=O)cc1. The molecule has 0 atom stereocenters. The lowest BCUT2D eigenvalue weighted by Crippen LogP contribution is -2.15. The van der Waals surface area contributed by atoms with E-state index in [0.29, 0.717) is 24.3 Å². The number of primary amides is 1. The zero-order valence-electron chi connectivity index (χ0n) is 13.5. The van der Waals surface area contributed by atoms with Crippen LogP contribution in [0.2, 0.25) is 0 Å². The predicted octanol–water partition coefficient (Wildman–Crippen LogP) is 3.02. The van der Waals surface area contributed by atoms with Gasteiger partial charge in [-0.05, 0) is 18.1 Å². The van der Waals surface area contributed by atoms with Crippen LogP contribution in [-0.4, -0.2) is 16.1 Å². The van der Waals surface area contributed by atoms with Crippen molar-refractivity contribution in [3.05, 3.63) is 82.5 Å². The molecule has 1 amide bonds. The van der Waals surface area contributed by atoms with E-state index in [2.05, 4.69) is 27.6 Å². The fraction of sp³-hybridized carbons (Fsp3) is 0.158. The first kappa shape index (κ1) is 15.8. The van der Waals surface area contributed by atoms with E-state index in [9.17, 15) is 4.79 Å². The van der Waals surface area contributed by atoms with E-state index in [1.165, 1.54) is 5.56 Å². The van der Waals surface area contributed by atoms with E-state index in [4.69, 9.17) is 5.73 Å². The number of hydrogen-bond acceptors (Lipinski definition) is 3. The zero-order chi connectivity index (χ0) is 16.9. The van der Waals surface area contributed by atoms with Crippen LogP contribution in [0.1, 0.15) is 32.7 Å². The number of carbonyl (C=O) groups excluding carboxylic acids is 1. The highest BCUT2D eigenvalue weighted by atomic mass is 16.1. The van der Waals surface area contributed by atoms with Crippen molar-refractivity contribution < 1.29 is 4.79 Å². The second-order valence-electron chi connectivity index (χ2n) is 5.79. The van der Waals surface area contributed by atoms with Crippen LogP contribution >= 0.6 is 0 Å². The quantitative estimate of drug-likeness (QED) is 0.653. The van der Waals surface area contributed by atoms with Gasteiger partial charge in [-0.25, -0.2) is 0 Å². The maximum absolute atomic E-state index is 11.9. The van der Waals surface area contributed by atoms with Crippen LogP contribution < -0.4 is 11.1 Å². The van der Waals surface area contributed by atoms with Gasteiger partial charge in [-0.2, -0.15) is 5.10 Å². The second kappa shape index (κ2) is 7.00. The minimum absolute atomic E-state index is 0.422. The molecule has 0 fully saturated rings. The monoisotopic (exact) mass is 320 g/mol. The Morgan fingerprint density at radius 2 is 1.79 bits per heavy atom. The summed E-state index contributed by atoms with van der Waals surface area (Å²) < 4.78 is 0. The van der Waals surface area contributed by atoms with Crippen molar-refractivity contribution in [1.82, 2.24) is 10.2 Å². The Bertz CT molecular complexity index is 822. The molecular weight excluding hydrogens is 300 g/mol. The number of benzene rings is 2. The molecule has 5 nitrogen and oxygen atoms in total.